The number of benzene rings is 1. The van der Waals surface area contributed by atoms with E-state index in [1.807, 2.05) is 18.2 Å². The molecule has 1 rings (SSSR count). The van der Waals surface area contributed by atoms with Crippen LogP contribution in [0.15, 0.2) is 22.7 Å². The molecule has 0 spiro atoms. The van der Waals surface area contributed by atoms with Crippen molar-refractivity contribution in [1.29, 1.82) is 0 Å². The molecule has 0 heterocycles. The molecule has 0 aliphatic heterocycles. The SMILES string of the molecule is CS(=O)(=O)CCCNCc1ccc(Br)cc1Cl. The van der Waals surface area contributed by atoms with Gasteiger partial charge in [0.25, 0.3) is 0 Å². The zero-order valence-corrected chi connectivity index (χ0v) is 12.7. The average Bonchev–Trinajstić information content (AvgIpc) is 2.18. The van der Waals surface area contributed by atoms with Crippen LogP contribution in [0.3, 0.4) is 0 Å². The van der Waals surface area contributed by atoms with Crippen LogP contribution in [-0.4, -0.2) is 27.0 Å². The van der Waals surface area contributed by atoms with Crippen LogP contribution in [0.5, 0.6) is 0 Å². The zero-order chi connectivity index (χ0) is 12.9. The molecule has 0 radical (unpaired) electrons. The Morgan fingerprint density at radius 3 is 2.71 bits per heavy atom. The van der Waals surface area contributed by atoms with Gasteiger partial charge < -0.3 is 5.32 Å². The summed E-state index contributed by atoms with van der Waals surface area (Å²) in [5.41, 5.74) is 1.01. The highest BCUT2D eigenvalue weighted by molar-refractivity contribution is 9.10. The highest BCUT2D eigenvalue weighted by Crippen LogP contribution is 2.20. The van der Waals surface area contributed by atoms with Crippen molar-refractivity contribution < 1.29 is 8.42 Å². The molecule has 0 amide bonds. The lowest BCUT2D eigenvalue weighted by Crippen LogP contribution is -2.18. The minimum absolute atomic E-state index is 0.216. The van der Waals surface area contributed by atoms with Crippen molar-refractivity contribution >= 4 is 37.4 Å². The largest absolute Gasteiger partial charge is 0.313 e. The van der Waals surface area contributed by atoms with Gasteiger partial charge in [-0.15, -0.1) is 0 Å². The normalized spacial score (nSPS) is 11.7. The Hall–Kier alpha value is -0.100. The van der Waals surface area contributed by atoms with E-state index in [0.29, 0.717) is 24.5 Å². The molecule has 0 saturated heterocycles. The molecule has 1 aromatic rings. The maximum Gasteiger partial charge on any atom is 0.147 e. The molecule has 0 fully saturated rings. The molecule has 1 N–H and O–H groups in total. The third-order valence-corrected chi connectivity index (χ3v) is 4.07. The molecule has 17 heavy (non-hydrogen) atoms. The second kappa shape index (κ2) is 6.73. The van der Waals surface area contributed by atoms with E-state index in [1.54, 1.807) is 0 Å². The lowest BCUT2D eigenvalue weighted by molar-refractivity contribution is 0.594. The topological polar surface area (TPSA) is 46.2 Å². The van der Waals surface area contributed by atoms with Gasteiger partial charge in [-0.25, -0.2) is 8.42 Å². The fourth-order valence-electron chi connectivity index (χ4n) is 1.35. The summed E-state index contributed by atoms with van der Waals surface area (Å²) in [6, 6.07) is 5.71. The Morgan fingerprint density at radius 1 is 1.41 bits per heavy atom. The summed E-state index contributed by atoms with van der Waals surface area (Å²) in [7, 11) is -2.86. The first-order valence-corrected chi connectivity index (χ1v) is 8.44. The third kappa shape index (κ3) is 6.41. The van der Waals surface area contributed by atoms with E-state index in [-0.39, 0.29) is 5.75 Å². The van der Waals surface area contributed by atoms with E-state index in [4.69, 9.17) is 11.6 Å². The zero-order valence-electron chi connectivity index (χ0n) is 9.54. The van der Waals surface area contributed by atoms with E-state index >= 15 is 0 Å². The monoisotopic (exact) mass is 339 g/mol. The van der Waals surface area contributed by atoms with E-state index in [2.05, 4.69) is 21.2 Å². The molecule has 96 valence electrons. The van der Waals surface area contributed by atoms with Gasteiger partial charge in [0.1, 0.15) is 9.84 Å². The third-order valence-electron chi connectivity index (χ3n) is 2.20. The first-order chi connectivity index (χ1) is 7.88. The van der Waals surface area contributed by atoms with Crippen LogP contribution < -0.4 is 5.32 Å². The Labute approximate surface area is 116 Å². The van der Waals surface area contributed by atoms with Gasteiger partial charge >= 0.3 is 0 Å². The summed E-state index contributed by atoms with van der Waals surface area (Å²) in [6.45, 7) is 1.31. The van der Waals surface area contributed by atoms with E-state index in [9.17, 15) is 8.42 Å². The number of sulfone groups is 1. The van der Waals surface area contributed by atoms with E-state index in [0.717, 1.165) is 10.0 Å². The van der Waals surface area contributed by atoms with Gasteiger partial charge in [0.05, 0.1) is 5.75 Å². The smallest absolute Gasteiger partial charge is 0.147 e. The van der Waals surface area contributed by atoms with Crippen LogP contribution in [0.2, 0.25) is 5.02 Å². The molecule has 0 unspecified atom stereocenters. The highest BCUT2D eigenvalue weighted by atomic mass is 79.9. The molecular weight excluding hydrogens is 326 g/mol. The van der Waals surface area contributed by atoms with Crippen LogP contribution >= 0.6 is 27.5 Å². The molecule has 0 aromatic heterocycles. The van der Waals surface area contributed by atoms with Crippen LogP contribution in [0.4, 0.5) is 0 Å². The first kappa shape index (κ1) is 15.0. The Balaban J connectivity index is 2.32. The molecule has 3 nitrogen and oxygen atoms in total. The molecule has 0 aliphatic carbocycles. The van der Waals surface area contributed by atoms with Crippen molar-refractivity contribution in [2.45, 2.75) is 13.0 Å². The standard InChI is InChI=1S/C11H15BrClNO2S/c1-17(15,16)6-2-5-14-8-9-3-4-10(12)7-11(9)13/h3-4,7,14H,2,5-6,8H2,1H3. The number of hydrogen-bond donors (Lipinski definition) is 1. The summed E-state index contributed by atoms with van der Waals surface area (Å²) in [4.78, 5) is 0. The molecule has 6 heteroatoms. The molecule has 0 bridgehead atoms. The highest BCUT2D eigenvalue weighted by Gasteiger charge is 2.02. The van der Waals surface area contributed by atoms with Crippen molar-refractivity contribution in [3.05, 3.63) is 33.3 Å². The van der Waals surface area contributed by atoms with Gasteiger partial charge in [-0.1, -0.05) is 33.6 Å². The van der Waals surface area contributed by atoms with Crippen LogP contribution in [-0.2, 0) is 16.4 Å². The van der Waals surface area contributed by atoms with Gasteiger partial charge in [-0.2, -0.15) is 0 Å². The van der Waals surface area contributed by atoms with Gasteiger partial charge in [-0.3, -0.25) is 0 Å². The van der Waals surface area contributed by atoms with Gasteiger partial charge in [0.2, 0.25) is 0 Å². The van der Waals surface area contributed by atoms with Crippen LogP contribution in [0.1, 0.15) is 12.0 Å². The summed E-state index contributed by atoms with van der Waals surface area (Å²) >= 11 is 9.39. The fraction of sp³-hybridized carbons (Fsp3) is 0.455. The molecule has 0 saturated carbocycles. The predicted octanol–water partition coefficient (Wildman–Crippen LogP) is 2.63. The number of nitrogens with one attached hydrogen (secondary N) is 1. The molecule has 1 aromatic carbocycles. The number of rotatable bonds is 6. The predicted molar refractivity (Wildman–Crippen MR) is 75.2 cm³/mol. The lowest BCUT2D eigenvalue weighted by Gasteiger charge is -2.06. The van der Waals surface area contributed by atoms with Crippen molar-refractivity contribution in [1.82, 2.24) is 5.32 Å². The quantitative estimate of drug-likeness (QED) is 0.810. The average molecular weight is 341 g/mol. The fourth-order valence-corrected chi connectivity index (χ4v) is 2.76. The van der Waals surface area contributed by atoms with Crippen LogP contribution in [0.25, 0.3) is 0 Å². The summed E-state index contributed by atoms with van der Waals surface area (Å²) in [5.74, 6) is 0.216. The summed E-state index contributed by atoms with van der Waals surface area (Å²) in [5, 5.41) is 3.87. The molecule has 0 aliphatic rings. The minimum atomic E-state index is -2.86. The van der Waals surface area contributed by atoms with Crippen LogP contribution in [0, 0.1) is 0 Å². The summed E-state index contributed by atoms with van der Waals surface area (Å²) < 4.78 is 22.8. The minimum Gasteiger partial charge on any atom is -0.313 e. The summed E-state index contributed by atoms with van der Waals surface area (Å²) in [6.07, 6.45) is 1.87. The lowest BCUT2D eigenvalue weighted by atomic mass is 10.2. The maximum absolute atomic E-state index is 10.9. The van der Waals surface area contributed by atoms with Gasteiger partial charge in [0.15, 0.2) is 0 Å². The van der Waals surface area contributed by atoms with E-state index in [1.165, 1.54) is 6.26 Å². The second-order valence-corrected chi connectivity index (χ2v) is 7.48. The van der Waals surface area contributed by atoms with Gasteiger partial charge in [-0.05, 0) is 30.7 Å². The maximum atomic E-state index is 10.9. The number of hydrogen-bond acceptors (Lipinski definition) is 3. The Kier molecular flexibility index (Phi) is 5.92. The van der Waals surface area contributed by atoms with Gasteiger partial charge in [0, 0.05) is 22.3 Å². The van der Waals surface area contributed by atoms with Crippen molar-refractivity contribution in [3.8, 4) is 0 Å². The first-order valence-electron chi connectivity index (χ1n) is 5.21. The van der Waals surface area contributed by atoms with Crippen molar-refractivity contribution in [2.24, 2.45) is 0 Å². The Bertz CT molecular complexity index is 476. The van der Waals surface area contributed by atoms with Crippen molar-refractivity contribution in [2.75, 3.05) is 18.6 Å². The Morgan fingerprint density at radius 2 is 2.12 bits per heavy atom. The number of halogens is 2. The second-order valence-electron chi connectivity index (χ2n) is 3.90. The molecular formula is C11H15BrClNO2S. The van der Waals surface area contributed by atoms with Crippen molar-refractivity contribution in [3.63, 3.8) is 0 Å². The van der Waals surface area contributed by atoms with E-state index < -0.39 is 9.84 Å². The molecule has 0 atom stereocenters.